The van der Waals surface area contributed by atoms with Crippen molar-refractivity contribution in [1.29, 1.82) is 0 Å². The van der Waals surface area contributed by atoms with Crippen LogP contribution in [0, 0.1) is 0 Å². The van der Waals surface area contributed by atoms with Crippen LogP contribution in [0.5, 0.6) is 0 Å². The van der Waals surface area contributed by atoms with Crippen LogP contribution in [0.25, 0.3) is 6.08 Å². The number of carboxylic acid groups (broad SMARTS) is 1. The first-order chi connectivity index (χ1) is 8.47. The summed E-state index contributed by atoms with van der Waals surface area (Å²) in [5, 5.41) is 7.92. The molecule has 1 N–H and O–H groups in total. The van der Waals surface area contributed by atoms with Gasteiger partial charge in [-0.1, -0.05) is 12.1 Å². The van der Waals surface area contributed by atoms with Crippen LogP contribution in [0.4, 0.5) is 0 Å². The normalized spacial score (nSPS) is 12.6. The Bertz CT molecular complexity index is 497. The lowest BCUT2D eigenvalue weighted by Crippen LogP contribution is -2.04. The van der Waals surface area contributed by atoms with E-state index in [1.165, 1.54) is 24.8 Å². The van der Waals surface area contributed by atoms with Crippen molar-refractivity contribution in [2.24, 2.45) is 0 Å². The summed E-state index contributed by atoms with van der Waals surface area (Å²) in [6, 6.07) is 5.40. The van der Waals surface area contributed by atoms with Crippen molar-refractivity contribution in [3.05, 3.63) is 35.4 Å². The van der Waals surface area contributed by atoms with Crippen molar-refractivity contribution in [2.45, 2.75) is 17.2 Å². The number of benzene rings is 1. The van der Waals surface area contributed by atoms with Crippen molar-refractivity contribution >= 4 is 41.2 Å². The Morgan fingerprint density at radius 1 is 1.44 bits per heavy atom. The van der Waals surface area contributed by atoms with Gasteiger partial charge in [-0.15, -0.1) is 23.4 Å². The lowest BCUT2D eigenvalue weighted by atomic mass is 10.0. The van der Waals surface area contributed by atoms with Gasteiger partial charge in [0, 0.05) is 11.0 Å². The number of ketones is 1. The average Bonchev–Trinajstić information content (AvgIpc) is 2.34. The van der Waals surface area contributed by atoms with E-state index in [1.54, 1.807) is 12.1 Å². The molecule has 5 heteroatoms. The van der Waals surface area contributed by atoms with Gasteiger partial charge in [0.2, 0.25) is 0 Å². The number of Topliss-reactive ketones (excluding diaryl/α,β-unsaturated/α-hetero) is 1. The number of thioether (sulfide) groups is 1. The number of rotatable bonds is 5. The molecule has 0 bridgehead atoms. The first kappa shape index (κ1) is 14.8. The van der Waals surface area contributed by atoms with Gasteiger partial charge in [-0.25, -0.2) is 4.79 Å². The molecule has 0 saturated carbocycles. The van der Waals surface area contributed by atoms with E-state index in [0.29, 0.717) is 11.1 Å². The minimum atomic E-state index is -1.04. The summed E-state index contributed by atoms with van der Waals surface area (Å²) in [4.78, 5) is 22.8. The number of alkyl halides is 1. The van der Waals surface area contributed by atoms with Crippen LogP contribution in [0.1, 0.15) is 23.4 Å². The summed E-state index contributed by atoms with van der Waals surface area (Å²) >= 11 is 7.53. The Balaban J connectivity index is 3.33. The van der Waals surface area contributed by atoms with Crippen molar-refractivity contribution < 1.29 is 14.7 Å². The molecule has 0 spiro atoms. The van der Waals surface area contributed by atoms with Crippen LogP contribution >= 0.6 is 23.4 Å². The lowest BCUT2D eigenvalue weighted by molar-refractivity contribution is -0.131. The molecule has 0 aliphatic rings. The largest absolute Gasteiger partial charge is 0.478 e. The molecule has 3 nitrogen and oxygen atoms in total. The zero-order valence-corrected chi connectivity index (χ0v) is 11.6. The quantitative estimate of drug-likeness (QED) is 0.512. The lowest BCUT2D eigenvalue weighted by Gasteiger charge is -2.13. The van der Waals surface area contributed by atoms with E-state index in [-0.39, 0.29) is 5.78 Å². The minimum absolute atomic E-state index is 0.167. The Labute approximate surface area is 115 Å². The molecule has 18 heavy (non-hydrogen) atoms. The summed E-state index contributed by atoms with van der Waals surface area (Å²) in [6.45, 7) is 1.41. The topological polar surface area (TPSA) is 54.4 Å². The van der Waals surface area contributed by atoms with E-state index < -0.39 is 11.3 Å². The smallest absolute Gasteiger partial charge is 0.328 e. The molecule has 1 rings (SSSR count). The number of hydrogen-bond donors (Lipinski definition) is 1. The summed E-state index contributed by atoms with van der Waals surface area (Å²) < 4.78 is 0. The van der Waals surface area contributed by atoms with E-state index in [4.69, 9.17) is 16.7 Å². The Morgan fingerprint density at radius 3 is 2.61 bits per heavy atom. The first-order valence-electron chi connectivity index (χ1n) is 5.19. The first-order valence-corrected chi connectivity index (χ1v) is 6.86. The molecule has 0 aliphatic heterocycles. The van der Waals surface area contributed by atoms with Crippen LogP contribution in [0.2, 0.25) is 0 Å². The average molecular weight is 285 g/mol. The van der Waals surface area contributed by atoms with Crippen LogP contribution in [-0.2, 0) is 9.59 Å². The number of hydrogen-bond acceptors (Lipinski definition) is 3. The number of carbonyl (C=O) groups is 2. The van der Waals surface area contributed by atoms with Gasteiger partial charge in [-0.05, 0) is 36.4 Å². The monoisotopic (exact) mass is 284 g/mol. The fourth-order valence-corrected chi connectivity index (χ4v) is 2.32. The molecule has 1 atom stereocenters. The van der Waals surface area contributed by atoms with Gasteiger partial charge in [0.1, 0.15) is 5.38 Å². The van der Waals surface area contributed by atoms with Crippen LogP contribution in [-0.4, -0.2) is 23.1 Å². The minimum Gasteiger partial charge on any atom is -0.478 e. The second-order valence-corrected chi connectivity index (χ2v) is 4.89. The number of halogens is 1. The van der Waals surface area contributed by atoms with Crippen LogP contribution in [0.3, 0.4) is 0 Å². The van der Waals surface area contributed by atoms with Crippen molar-refractivity contribution in [1.82, 2.24) is 0 Å². The highest BCUT2D eigenvalue weighted by Crippen LogP contribution is 2.32. The maximum atomic E-state index is 11.4. The molecule has 0 fully saturated rings. The van der Waals surface area contributed by atoms with E-state index >= 15 is 0 Å². The maximum absolute atomic E-state index is 11.4. The zero-order chi connectivity index (χ0) is 13.7. The van der Waals surface area contributed by atoms with Gasteiger partial charge in [-0.3, -0.25) is 4.79 Å². The van der Waals surface area contributed by atoms with Gasteiger partial charge < -0.3 is 5.11 Å². The predicted molar refractivity (Wildman–Crippen MR) is 74.2 cm³/mol. The van der Waals surface area contributed by atoms with Crippen molar-refractivity contribution in [3.63, 3.8) is 0 Å². The molecular weight excluding hydrogens is 272 g/mol. The molecule has 0 aliphatic carbocycles. The van der Waals surface area contributed by atoms with Gasteiger partial charge in [0.05, 0.1) is 0 Å². The SMILES string of the molecule is CSc1cccc(C(Cl)C(C)=O)c1C=CC(=O)O. The molecule has 0 heterocycles. The van der Waals surface area contributed by atoms with E-state index in [0.717, 1.165) is 11.0 Å². The molecule has 0 aromatic heterocycles. The summed E-state index contributed by atoms with van der Waals surface area (Å²) in [7, 11) is 0. The maximum Gasteiger partial charge on any atom is 0.328 e. The van der Waals surface area contributed by atoms with E-state index in [2.05, 4.69) is 0 Å². The highest BCUT2D eigenvalue weighted by Gasteiger charge is 2.17. The predicted octanol–water partition coefficient (Wildman–Crippen LogP) is 3.38. The summed E-state index contributed by atoms with van der Waals surface area (Å²) in [6.07, 6.45) is 4.40. The summed E-state index contributed by atoms with van der Waals surface area (Å²) in [5.41, 5.74) is 1.32. The highest BCUT2D eigenvalue weighted by atomic mass is 35.5. The number of carboxylic acids is 1. The molecule has 1 aromatic carbocycles. The molecule has 1 aromatic rings. The van der Waals surface area contributed by atoms with Crippen LogP contribution < -0.4 is 0 Å². The van der Waals surface area contributed by atoms with Gasteiger partial charge >= 0.3 is 5.97 Å². The highest BCUT2D eigenvalue weighted by molar-refractivity contribution is 7.98. The molecule has 0 radical (unpaired) electrons. The van der Waals surface area contributed by atoms with Crippen molar-refractivity contribution in [2.75, 3.05) is 6.26 Å². The van der Waals surface area contributed by atoms with Gasteiger partial charge in [-0.2, -0.15) is 0 Å². The molecule has 1 unspecified atom stereocenters. The third-order valence-electron chi connectivity index (χ3n) is 2.34. The standard InChI is InChI=1S/C13H13ClO3S/c1-8(15)13(14)10-4-3-5-11(18-2)9(10)6-7-12(16)17/h3-7,13H,1-2H3,(H,16,17). The van der Waals surface area contributed by atoms with Crippen molar-refractivity contribution in [3.8, 4) is 0 Å². The van der Waals surface area contributed by atoms with Gasteiger partial charge in [0.15, 0.2) is 5.78 Å². The summed E-state index contributed by atoms with van der Waals surface area (Å²) in [5.74, 6) is -1.20. The molecule has 0 amide bonds. The third-order valence-corrected chi connectivity index (χ3v) is 3.68. The van der Waals surface area contributed by atoms with Crippen LogP contribution in [0.15, 0.2) is 29.2 Å². The Kier molecular flexibility index (Phi) is 5.44. The number of aliphatic carboxylic acids is 1. The second kappa shape index (κ2) is 6.61. The van der Waals surface area contributed by atoms with Gasteiger partial charge in [0.25, 0.3) is 0 Å². The van der Waals surface area contributed by atoms with E-state index in [1.807, 2.05) is 12.3 Å². The Morgan fingerprint density at radius 2 is 2.11 bits per heavy atom. The molecule has 96 valence electrons. The fraction of sp³-hybridized carbons (Fsp3) is 0.231. The zero-order valence-electron chi connectivity index (χ0n) is 10.0. The molecular formula is C13H13ClO3S. The van der Waals surface area contributed by atoms with E-state index in [9.17, 15) is 9.59 Å². The Hall–Kier alpha value is -1.26. The second-order valence-electron chi connectivity index (χ2n) is 3.61. The fourth-order valence-electron chi connectivity index (χ4n) is 1.51. The molecule has 0 saturated heterocycles. The number of carbonyl (C=O) groups excluding carboxylic acids is 1. The third kappa shape index (κ3) is 3.62.